The minimum absolute atomic E-state index is 0.116. The second kappa shape index (κ2) is 12.0. The monoisotopic (exact) mass is 557 g/mol. The predicted molar refractivity (Wildman–Crippen MR) is 149 cm³/mol. The van der Waals surface area contributed by atoms with Crippen LogP contribution >= 0.6 is 0 Å². The molecule has 0 radical (unpaired) electrons. The minimum Gasteiger partial charge on any atom is -0.444 e. The topological polar surface area (TPSA) is 89.0 Å². The SMILES string of the molecule is CC(C)(C)OC(=O)/N=C(/NCCc1cccc2c(-c3ccc(C(F)(F)F)cc3)cccc12)NC(=O)OC(C)(C)C. The lowest BCUT2D eigenvalue weighted by Gasteiger charge is -2.21. The van der Waals surface area contributed by atoms with Crippen molar-refractivity contribution in [3.63, 3.8) is 0 Å². The Bertz CT molecular complexity index is 1390. The van der Waals surface area contributed by atoms with Crippen LogP contribution in [0.15, 0.2) is 65.7 Å². The normalized spacial score (nSPS) is 12.7. The second-order valence-electron chi connectivity index (χ2n) is 11.1. The van der Waals surface area contributed by atoms with Crippen LogP contribution in [-0.4, -0.2) is 35.9 Å². The first-order chi connectivity index (χ1) is 18.5. The van der Waals surface area contributed by atoms with Gasteiger partial charge in [0.1, 0.15) is 11.2 Å². The average Bonchev–Trinajstić information content (AvgIpc) is 2.81. The third-order valence-electron chi connectivity index (χ3n) is 5.44. The van der Waals surface area contributed by atoms with Crippen LogP contribution in [0.1, 0.15) is 52.7 Å². The summed E-state index contributed by atoms with van der Waals surface area (Å²) in [4.78, 5) is 28.5. The van der Waals surface area contributed by atoms with Gasteiger partial charge in [-0.2, -0.15) is 13.2 Å². The van der Waals surface area contributed by atoms with Crippen molar-refractivity contribution >= 4 is 28.9 Å². The van der Waals surface area contributed by atoms with Crippen LogP contribution in [0.3, 0.4) is 0 Å². The molecule has 0 fully saturated rings. The van der Waals surface area contributed by atoms with E-state index in [1.807, 2.05) is 36.4 Å². The molecule has 0 spiro atoms. The Labute approximate surface area is 231 Å². The zero-order valence-corrected chi connectivity index (χ0v) is 23.4. The van der Waals surface area contributed by atoms with Gasteiger partial charge in [-0.15, -0.1) is 4.99 Å². The summed E-state index contributed by atoms with van der Waals surface area (Å²) in [6.07, 6.45) is -5.58. The van der Waals surface area contributed by atoms with Gasteiger partial charge in [-0.25, -0.2) is 9.59 Å². The van der Waals surface area contributed by atoms with Gasteiger partial charge in [0.2, 0.25) is 5.96 Å². The van der Waals surface area contributed by atoms with Gasteiger partial charge in [0, 0.05) is 6.54 Å². The van der Waals surface area contributed by atoms with Gasteiger partial charge in [-0.05, 0) is 87.6 Å². The van der Waals surface area contributed by atoms with Crippen molar-refractivity contribution in [1.82, 2.24) is 10.6 Å². The number of halogens is 3. The molecule has 40 heavy (non-hydrogen) atoms. The van der Waals surface area contributed by atoms with Gasteiger partial charge in [-0.1, -0.05) is 48.5 Å². The van der Waals surface area contributed by atoms with Gasteiger partial charge in [0.25, 0.3) is 0 Å². The van der Waals surface area contributed by atoms with Crippen molar-refractivity contribution in [1.29, 1.82) is 0 Å². The highest BCUT2D eigenvalue weighted by Crippen LogP contribution is 2.34. The number of alkyl carbamates (subject to hydrolysis) is 1. The number of rotatable bonds is 4. The van der Waals surface area contributed by atoms with E-state index in [-0.39, 0.29) is 5.96 Å². The number of hydrogen-bond donors (Lipinski definition) is 2. The third-order valence-corrected chi connectivity index (χ3v) is 5.44. The highest BCUT2D eigenvalue weighted by Gasteiger charge is 2.30. The number of hydrogen-bond acceptors (Lipinski definition) is 4. The van der Waals surface area contributed by atoms with Crippen LogP contribution in [0.4, 0.5) is 22.8 Å². The Balaban J connectivity index is 1.81. The van der Waals surface area contributed by atoms with Crippen LogP contribution < -0.4 is 10.6 Å². The van der Waals surface area contributed by atoms with E-state index in [4.69, 9.17) is 9.47 Å². The molecule has 0 saturated heterocycles. The summed E-state index contributed by atoms with van der Waals surface area (Å²) in [5.41, 5.74) is 0.196. The lowest BCUT2D eigenvalue weighted by molar-refractivity contribution is -0.137. The van der Waals surface area contributed by atoms with E-state index in [0.29, 0.717) is 18.5 Å². The zero-order valence-electron chi connectivity index (χ0n) is 23.4. The Morgan fingerprint density at radius 3 is 2.00 bits per heavy atom. The van der Waals surface area contributed by atoms with E-state index < -0.39 is 35.1 Å². The summed E-state index contributed by atoms with van der Waals surface area (Å²) >= 11 is 0. The number of guanidine groups is 1. The molecule has 0 saturated carbocycles. The summed E-state index contributed by atoms with van der Waals surface area (Å²) in [7, 11) is 0. The van der Waals surface area contributed by atoms with Gasteiger partial charge >= 0.3 is 18.4 Å². The quantitative estimate of drug-likeness (QED) is 0.257. The first kappa shape index (κ1) is 30.5. The van der Waals surface area contributed by atoms with E-state index in [0.717, 1.165) is 34.0 Å². The number of aliphatic imine (C=N–C) groups is 1. The predicted octanol–water partition coefficient (Wildman–Crippen LogP) is 7.47. The van der Waals surface area contributed by atoms with Gasteiger partial charge in [-0.3, -0.25) is 5.32 Å². The molecule has 0 bridgehead atoms. The van der Waals surface area contributed by atoms with E-state index in [2.05, 4.69) is 15.6 Å². The molecule has 0 heterocycles. The first-order valence-corrected chi connectivity index (χ1v) is 12.8. The van der Waals surface area contributed by atoms with Crippen molar-refractivity contribution < 1.29 is 32.2 Å². The van der Waals surface area contributed by atoms with E-state index >= 15 is 0 Å². The molecule has 2 N–H and O–H groups in total. The molecule has 214 valence electrons. The standard InChI is InChI=1S/C30H34F3N3O4/c1-28(2,3)39-26(37)35-25(36-27(38)40-29(4,5)6)34-18-17-19-9-7-12-24-22(19)10-8-11-23(24)20-13-15-21(16-14-20)30(31,32)33/h7-16H,17-18H2,1-6H3,(H2,34,35,36,37,38). The fraction of sp³-hybridized carbons (Fsp3) is 0.367. The number of carbonyl (C=O) groups excluding carboxylic acids is 2. The number of fused-ring (bicyclic) bond motifs is 1. The van der Waals surface area contributed by atoms with E-state index in [1.54, 1.807) is 41.5 Å². The van der Waals surface area contributed by atoms with Crippen molar-refractivity contribution in [2.45, 2.75) is 65.3 Å². The lowest BCUT2D eigenvalue weighted by atomic mass is 9.94. The fourth-order valence-corrected chi connectivity index (χ4v) is 3.89. The van der Waals surface area contributed by atoms with Crippen molar-refractivity contribution in [2.75, 3.05) is 6.54 Å². The van der Waals surface area contributed by atoms with Crippen LogP contribution in [-0.2, 0) is 22.1 Å². The van der Waals surface area contributed by atoms with Crippen molar-refractivity contribution in [3.05, 3.63) is 71.8 Å². The summed E-state index contributed by atoms with van der Waals surface area (Å²) in [6.45, 7) is 10.5. The number of nitrogens with zero attached hydrogens (tertiary/aromatic N) is 1. The maximum Gasteiger partial charge on any atom is 0.437 e. The molecule has 0 aliphatic carbocycles. The van der Waals surface area contributed by atoms with Gasteiger partial charge < -0.3 is 14.8 Å². The summed E-state index contributed by atoms with van der Waals surface area (Å²) in [5, 5.41) is 7.23. The second-order valence-corrected chi connectivity index (χ2v) is 11.1. The molecule has 3 rings (SSSR count). The molecule has 7 nitrogen and oxygen atoms in total. The van der Waals surface area contributed by atoms with Crippen LogP contribution in [0.5, 0.6) is 0 Å². The maximum atomic E-state index is 13.0. The van der Waals surface area contributed by atoms with Crippen molar-refractivity contribution in [3.8, 4) is 11.1 Å². The Kier molecular flexibility index (Phi) is 9.12. The fourth-order valence-electron chi connectivity index (χ4n) is 3.89. The van der Waals surface area contributed by atoms with Gasteiger partial charge in [0.05, 0.1) is 5.56 Å². The third kappa shape index (κ3) is 9.00. The molecule has 0 aromatic heterocycles. The lowest BCUT2D eigenvalue weighted by Crippen LogP contribution is -2.44. The molecule has 0 atom stereocenters. The zero-order chi connectivity index (χ0) is 29.7. The molecule has 0 unspecified atom stereocenters. The first-order valence-electron chi connectivity index (χ1n) is 12.8. The van der Waals surface area contributed by atoms with E-state index in [1.165, 1.54) is 12.1 Å². The molecule has 0 aliphatic heterocycles. The smallest absolute Gasteiger partial charge is 0.437 e. The molecular weight excluding hydrogens is 523 g/mol. The molecule has 0 aliphatic rings. The highest BCUT2D eigenvalue weighted by atomic mass is 19.4. The number of amides is 2. The van der Waals surface area contributed by atoms with Crippen LogP contribution in [0.25, 0.3) is 21.9 Å². The molecular formula is C30H34F3N3O4. The molecule has 2 amide bonds. The van der Waals surface area contributed by atoms with Crippen LogP contribution in [0.2, 0.25) is 0 Å². The van der Waals surface area contributed by atoms with Gasteiger partial charge in [0.15, 0.2) is 0 Å². The minimum atomic E-state index is -4.40. The number of carbonyl (C=O) groups is 2. The number of ether oxygens (including phenoxy) is 2. The Morgan fingerprint density at radius 2 is 1.40 bits per heavy atom. The number of nitrogens with one attached hydrogen (secondary N) is 2. The largest absolute Gasteiger partial charge is 0.444 e. The molecule has 10 heteroatoms. The maximum absolute atomic E-state index is 13.0. The van der Waals surface area contributed by atoms with Crippen molar-refractivity contribution in [2.24, 2.45) is 4.99 Å². The summed E-state index contributed by atoms with van der Waals surface area (Å²) < 4.78 is 49.6. The van der Waals surface area contributed by atoms with E-state index in [9.17, 15) is 22.8 Å². The Hall–Kier alpha value is -4.08. The molecule has 3 aromatic carbocycles. The van der Waals surface area contributed by atoms with Crippen LogP contribution in [0, 0.1) is 0 Å². The average molecular weight is 558 g/mol. The summed E-state index contributed by atoms with van der Waals surface area (Å²) in [6, 6.07) is 16.5. The summed E-state index contributed by atoms with van der Waals surface area (Å²) in [5.74, 6) is -0.116. The highest BCUT2D eigenvalue weighted by molar-refractivity contribution is 5.99. The molecule has 3 aromatic rings. The Morgan fingerprint density at radius 1 is 0.800 bits per heavy atom. The number of benzene rings is 3. The number of alkyl halides is 3.